The largest absolute Gasteiger partial charge is 0.463 e. The Morgan fingerprint density at radius 2 is 1.75 bits per heavy atom. The van der Waals surface area contributed by atoms with Crippen molar-refractivity contribution in [3.05, 3.63) is 83.9 Å². The molecule has 3 N–H and O–H groups in total. The van der Waals surface area contributed by atoms with E-state index in [1.165, 1.54) is 0 Å². The van der Waals surface area contributed by atoms with Gasteiger partial charge in [-0.15, -0.1) is 0 Å². The summed E-state index contributed by atoms with van der Waals surface area (Å²) >= 11 is 0. The van der Waals surface area contributed by atoms with Gasteiger partial charge in [-0.3, -0.25) is 14.4 Å². The number of benzene rings is 2. The smallest absolute Gasteiger partial charge is 0.309 e. The summed E-state index contributed by atoms with van der Waals surface area (Å²) in [5.74, 6) is -1.79. The van der Waals surface area contributed by atoms with E-state index in [1.54, 1.807) is 6.92 Å². The molecule has 0 bridgehead atoms. The van der Waals surface area contributed by atoms with E-state index in [0.29, 0.717) is 25.9 Å². The molecule has 2 aromatic rings. The molecule has 0 radical (unpaired) electrons. The van der Waals surface area contributed by atoms with Gasteiger partial charge < -0.3 is 25.2 Å². The van der Waals surface area contributed by atoms with Crippen LogP contribution < -0.4 is 10.6 Å². The maximum Gasteiger partial charge on any atom is 0.309 e. The number of amides is 2. The van der Waals surface area contributed by atoms with Crippen molar-refractivity contribution in [1.29, 1.82) is 0 Å². The van der Waals surface area contributed by atoms with Gasteiger partial charge in [0.05, 0.1) is 37.7 Å². The number of carbonyl (C=O) groups is 3. The van der Waals surface area contributed by atoms with Crippen LogP contribution in [-0.2, 0) is 36.9 Å². The topological polar surface area (TPSA) is 114 Å². The Kier molecular flexibility index (Phi) is 13.4. The number of hydrogen-bond donors (Lipinski definition) is 3. The fourth-order valence-electron chi connectivity index (χ4n) is 4.59. The fourth-order valence-corrected chi connectivity index (χ4v) is 4.59. The van der Waals surface area contributed by atoms with Gasteiger partial charge in [0, 0.05) is 12.5 Å². The predicted octanol–water partition coefficient (Wildman–Crippen LogP) is 3.72. The molecule has 8 nitrogen and oxygen atoms in total. The molecular weight excluding hydrogens is 508 g/mol. The lowest BCUT2D eigenvalue weighted by Gasteiger charge is -2.24. The standard InChI is InChI=1S/C32H42N2O6/c1-24(20-35)33-30(36)19-27-16-10-2-3-11-17-28(18-25-12-6-4-7-13-25)32(38)40-23-29(34-31(27)37)22-39-21-26-14-8-5-9-15-26/h2,4-10,12-15,24,27-29,35H,3,11,16-23H2,1H3,(H,33,36)(H,34,37)/t24-,27+,28+,29-/m0/s1. The fraction of sp³-hybridized carbons (Fsp3) is 0.469. The summed E-state index contributed by atoms with van der Waals surface area (Å²) in [4.78, 5) is 39.0. The van der Waals surface area contributed by atoms with Gasteiger partial charge in [0.25, 0.3) is 0 Å². The van der Waals surface area contributed by atoms with Crippen LogP contribution in [0.5, 0.6) is 0 Å². The van der Waals surface area contributed by atoms with E-state index >= 15 is 0 Å². The number of aliphatic hydroxyl groups is 1. The summed E-state index contributed by atoms with van der Waals surface area (Å²) in [6.45, 7) is 1.99. The average molecular weight is 551 g/mol. The van der Waals surface area contributed by atoms with Gasteiger partial charge in [-0.2, -0.15) is 0 Å². The van der Waals surface area contributed by atoms with Crippen LogP contribution in [-0.4, -0.2) is 54.8 Å². The Bertz CT molecular complexity index is 1080. The van der Waals surface area contributed by atoms with Gasteiger partial charge in [-0.1, -0.05) is 72.8 Å². The molecule has 0 spiro atoms. The number of carbonyl (C=O) groups excluding carboxylic acids is 3. The number of esters is 1. The lowest BCUT2D eigenvalue weighted by atomic mass is 9.93. The molecule has 2 aromatic carbocycles. The Morgan fingerprint density at radius 1 is 1.05 bits per heavy atom. The number of allylic oxidation sites excluding steroid dienone is 2. The van der Waals surface area contributed by atoms with Crippen molar-refractivity contribution in [2.45, 2.75) is 64.1 Å². The number of ether oxygens (including phenoxy) is 2. The van der Waals surface area contributed by atoms with E-state index in [9.17, 15) is 19.5 Å². The first kappa shape index (κ1) is 31.0. The van der Waals surface area contributed by atoms with Crippen molar-refractivity contribution in [2.75, 3.05) is 19.8 Å². The third kappa shape index (κ3) is 11.3. The highest BCUT2D eigenvalue weighted by molar-refractivity contribution is 5.86. The Labute approximate surface area is 237 Å². The molecule has 2 amide bonds. The van der Waals surface area contributed by atoms with Crippen LogP contribution in [0.2, 0.25) is 0 Å². The SMILES string of the molecule is C[C@@H](CO)NC(=O)C[C@H]1CC=CCCC[C@H](Cc2ccccc2)C(=O)OC[C@H](COCc2ccccc2)NC1=O. The van der Waals surface area contributed by atoms with Gasteiger partial charge in [-0.25, -0.2) is 0 Å². The van der Waals surface area contributed by atoms with Crippen LogP contribution in [0.15, 0.2) is 72.8 Å². The molecule has 1 heterocycles. The van der Waals surface area contributed by atoms with Crippen LogP contribution in [0.25, 0.3) is 0 Å². The van der Waals surface area contributed by atoms with E-state index in [-0.39, 0.29) is 49.9 Å². The second-order valence-electron chi connectivity index (χ2n) is 10.4. The number of rotatable bonds is 10. The molecule has 40 heavy (non-hydrogen) atoms. The Morgan fingerprint density at radius 3 is 2.45 bits per heavy atom. The lowest BCUT2D eigenvalue weighted by molar-refractivity contribution is -0.151. The Balaban J connectivity index is 1.72. The zero-order chi connectivity index (χ0) is 28.6. The molecule has 0 fully saturated rings. The summed E-state index contributed by atoms with van der Waals surface area (Å²) in [6.07, 6.45) is 7.16. The van der Waals surface area contributed by atoms with Gasteiger partial charge in [0.2, 0.25) is 11.8 Å². The molecule has 0 aromatic heterocycles. The first-order chi connectivity index (χ1) is 19.4. The molecule has 1 aliphatic rings. The van der Waals surface area contributed by atoms with Crippen LogP contribution in [0.3, 0.4) is 0 Å². The van der Waals surface area contributed by atoms with E-state index in [1.807, 2.05) is 72.8 Å². The Hall–Kier alpha value is -3.49. The van der Waals surface area contributed by atoms with Crippen LogP contribution >= 0.6 is 0 Å². The molecule has 4 atom stereocenters. The van der Waals surface area contributed by atoms with E-state index < -0.39 is 18.0 Å². The van der Waals surface area contributed by atoms with Crippen molar-refractivity contribution in [3.8, 4) is 0 Å². The number of nitrogens with one attached hydrogen (secondary N) is 2. The second kappa shape index (κ2) is 17.3. The zero-order valence-corrected chi connectivity index (χ0v) is 23.3. The summed E-state index contributed by atoms with van der Waals surface area (Å²) in [5.41, 5.74) is 2.07. The minimum absolute atomic E-state index is 0.0168. The van der Waals surface area contributed by atoms with Crippen molar-refractivity contribution >= 4 is 17.8 Å². The van der Waals surface area contributed by atoms with E-state index in [4.69, 9.17) is 9.47 Å². The maximum absolute atomic E-state index is 13.3. The number of cyclic esters (lactones) is 1. The van der Waals surface area contributed by atoms with Crippen molar-refractivity contribution in [1.82, 2.24) is 10.6 Å². The highest BCUT2D eigenvalue weighted by Crippen LogP contribution is 2.19. The summed E-state index contributed by atoms with van der Waals surface area (Å²) < 4.78 is 11.7. The summed E-state index contributed by atoms with van der Waals surface area (Å²) in [6, 6.07) is 18.6. The zero-order valence-electron chi connectivity index (χ0n) is 23.3. The maximum atomic E-state index is 13.3. The molecule has 216 valence electrons. The summed E-state index contributed by atoms with van der Waals surface area (Å²) in [5, 5.41) is 14.9. The molecule has 0 saturated heterocycles. The first-order valence-electron chi connectivity index (χ1n) is 14.1. The number of hydrogen-bond acceptors (Lipinski definition) is 6. The minimum atomic E-state index is -0.608. The van der Waals surface area contributed by atoms with E-state index in [0.717, 1.165) is 24.0 Å². The minimum Gasteiger partial charge on any atom is -0.463 e. The first-order valence-corrected chi connectivity index (χ1v) is 14.1. The third-order valence-electron chi connectivity index (χ3n) is 6.86. The second-order valence-corrected chi connectivity index (χ2v) is 10.4. The molecule has 0 saturated carbocycles. The molecule has 8 heteroatoms. The number of aliphatic hydroxyl groups excluding tert-OH is 1. The molecule has 0 unspecified atom stereocenters. The molecule has 1 aliphatic heterocycles. The normalized spacial score (nSPS) is 21.5. The van der Waals surface area contributed by atoms with Crippen molar-refractivity contribution in [2.24, 2.45) is 11.8 Å². The van der Waals surface area contributed by atoms with Crippen molar-refractivity contribution < 1.29 is 29.0 Å². The highest BCUT2D eigenvalue weighted by Gasteiger charge is 2.27. The van der Waals surface area contributed by atoms with Gasteiger partial charge in [-0.05, 0) is 50.2 Å². The quantitative estimate of drug-likeness (QED) is 0.307. The van der Waals surface area contributed by atoms with Gasteiger partial charge in [0.1, 0.15) is 6.61 Å². The van der Waals surface area contributed by atoms with Gasteiger partial charge >= 0.3 is 5.97 Å². The third-order valence-corrected chi connectivity index (χ3v) is 6.86. The van der Waals surface area contributed by atoms with E-state index in [2.05, 4.69) is 10.6 Å². The molecular formula is C32H42N2O6. The average Bonchev–Trinajstić information content (AvgIpc) is 2.96. The predicted molar refractivity (Wildman–Crippen MR) is 153 cm³/mol. The van der Waals surface area contributed by atoms with Gasteiger partial charge in [0.15, 0.2) is 0 Å². The van der Waals surface area contributed by atoms with Crippen LogP contribution in [0.1, 0.15) is 50.2 Å². The highest BCUT2D eigenvalue weighted by atomic mass is 16.5. The molecule has 0 aliphatic carbocycles. The van der Waals surface area contributed by atoms with Crippen molar-refractivity contribution in [3.63, 3.8) is 0 Å². The monoisotopic (exact) mass is 550 g/mol. The van der Waals surface area contributed by atoms with Crippen LogP contribution in [0.4, 0.5) is 0 Å². The summed E-state index contributed by atoms with van der Waals surface area (Å²) in [7, 11) is 0. The lowest BCUT2D eigenvalue weighted by Crippen LogP contribution is -2.46. The van der Waals surface area contributed by atoms with Crippen LogP contribution in [0, 0.1) is 11.8 Å². The molecule has 3 rings (SSSR count).